The minimum absolute atomic E-state index is 0.0999. The topological polar surface area (TPSA) is 97.0 Å². The van der Waals surface area contributed by atoms with Gasteiger partial charge in [0.15, 0.2) is 11.5 Å². The Bertz CT molecular complexity index is 931. The maximum Gasteiger partial charge on any atom is 0.243 e. The predicted molar refractivity (Wildman–Crippen MR) is 106 cm³/mol. The SMILES string of the molecule is O=C(CNC(=O)[C@H]1CC(=O)N(c2ccccc2)C1)Nc1ccc2c(c1)OCCO2. The monoisotopic (exact) mass is 395 g/mol. The van der Waals surface area contributed by atoms with Crippen LogP contribution in [-0.2, 0) is 14.4 Å². The summed E-state index contributed by atoms with van der Waals surface area (Å²) in [5.41, 5.74) is 1.32. The summed E-state index contributed by atoms with van der Waals surface area (Å²) >= 11 is 0. The van der Waals surface area contributed by atoms with E-state index in [1.54, 1.807) is 23.1 Å². The van der Waals surface area contributed by atoms with E-state index in [-0.39, 0.29) is 30.7 Å². The summed E-state index contributed by atoms with van der Waals surface area (Å²) in [4.78, 5) is 38.4. The second-order valence-corrected chi connectivity index (χ2v) is 6.87. The van der Waals surface area contributed by atoms with E-state index in [4.69, 9.17) is 9.47 Å². The van der Waals surface area contributed by atoms with Crippen molar-refractivity contribution < 1.29 is 23.9 Å². The number of nitrogens with zero attached hydrogens (tertiary/aromatic N) is 1. The zero-order valence-corrected chi connectivity index (χ0v) is 15.7. The van der Waals surface area contributed by atoms with Gasteiger partial charge in [0.1, 0.15) is 13.2 Å². The van der Waals surface area contributed by atoms with Crippen molar-refractivity contribution in [3.63, 3.8) is 0 Å². The molecule has 0 saturated carbocycles. The lowest BCUT2D eigenvalue weighted by Gasteiger charge is -2.19. The zero-order valence-electron chi connectivity index (χ0n) is 15.7. The van der Waals surface area contributed by atoms with Crippen LogP contribution in [0.25, 0.3) is 0 Å². The van der Waals surface area contributed by atoms with Gasteiger partial charge in [-0.15, -0.1) is 0 Å². The molecule has 0 aliphatic carbocycles. The van der Waals surface area contributed by atoms with Gasteiger partial charge in [0, 0.05) is 30.4 Å². The number of amides is 3. The first kappa shape index (κ1) is 18.8. The van der Waals surface area contributed by atoms with Crippen molar-refractivity contribution in [2.24, 2.45) is 5.92 Å². The van der Waals surface area contributed by atoms with Gasteiger partial charge in [0.05, 0.1) is 12.5 Å². The molecule has 2 aliphatic rings. The number of rotatable bonds is 5. The molecule has 8 nitrogen and oxygen atoms in total. The summed E-state index contributed by atoms with van der Waals surface area (Å²) < 4.78 is 10.9. The molecular formula is C21H21N3O5. The second-order valence-electron chi connectivity index (χ2n) is 6.87. The van der Waals surface area contributed by atoms with E-state index in [1.807, 2.05) is 30.3 Å². The number of fused-ring (bicyclic) bond motifs is 1. The molecule has 150 valence electrons. The van der Waals surface area contributed by atoms with Crippen molar-refractivity contribution in [1.29, 1.82) is 0 Å². The molecule has 4 rings (SSSR count). The molecule has 1 fully saturated rings. The molecule has 2 N–H and O–H groups in total. The maximum atomic E-state index is 12.4. The summed E-state index contributed by atoms with van der Waals surface area (Å²) in [6, 6.07) is 14.3. The van der Waals surface area contributed by atoms with E-state index in [2.05, 4.69) is 10.6 Å². The molecule has 0 unspecified atom stereocenters. The first-order valence-electron chi connectivity index (χ1n) is 9.43. The molecule has 3 amide bonds. The number of ether oxygens (including phenoxy) is 2. The maximum absolute atomic E-state index is 12.4. The van der Waals surface area contributed by atoms with E-state index < -0.39 is 5.92 Å². The van der Waals surface area contributed by atoms with Crippen LogP contribution in [0.4, 0.5) is 11.4 Å². The highest BCUT2D eigenvalue weighted by Crippen LogP contribution is 2.32. The predicted octanol–water partition coefficient (Wildman–Crippen LogP) is 1.57. The van der Waals surface area contributed by atoms with Crippen molar-refractivity contribution in [3.05, 3.63) is 48.5 Å². The van der Waals surface area contributed by atoms with Gasteiger partial charge >= 0.3 is 0 Å². The van der Waals surface area contributed by atoms with Gasteiger partial charge in [0.2, 0.25) is 17.7 Å². The lowest BCUT2D eigenvalue weighted by atomic mass is 10.1. The molecule has 2 aromatic carbocycles. The summed E-state index contributed by atoms with van der Waals surface area (Å²) in [6.45, 7) is 1.08. The Morgan fingerprint density at radius 2 is 1.79 bits per heavy atom. The van der Waals surface area contributed by atoms with Crippen LogP contribution in [0.3, 0.4) is 0 Å². The molecule has 0 radical (unpaired) electrons. The molecular weight excluding hydrogens is 374 g/mol. The molecule has 2 aromatic rings. The Labute approximate surface area is 167 Å². The van der Waals surface area contributed by atoms with E-state index in [0.29, 0.717) is 36.9 Å². The average Bonchev–Trinajstić information content (AvgIpc) is 3.14. The lowest BCUT2D eigenvalue weighted by Crippen LogP contribution is -2.37. The number of para-hydroxylation sites is 1. The van der Waals surface area contributed by atoms with E-state index in [1.165, 1.54) is 0 Å². The van der Waals surface area contributed by atoms with Crippen molar-refractivity contribution in [2.75, 3.05) is 36.5 Å². The van der Waals surface area contributed by atoms with Gasteiger partial charge in [-0.2, -0.15) is 0 Å². The van der Waals surface area contributed by atoms with Crippen molar-refractivity contribution in [3.8, 4) is 11.5 Å². The zero-order chi connectivity index (χ0) is 20.2. The molecule has 2 aliphatic heterocycles. The molecule has 8 heteroatoms. The first-order valence-corrected chi connectivity index (χ1v) is 9.43. The molecule has 0 aromatic heterocycles. The van der Waals surface area contributed by atoms with Crippen LogP contribution in [0.1, 0.15) is 6.42 Å². The highest BCUT2D eigenvalue weighted by Gasteiger charge is 2.35. The molecule has 0 bridgehead atoms. The summed E-state index contributed by atoms with van der Waals surface area (Å²) in [5.74, 6) is -0.0461. The van der Waals surface area contributed by atoms with E-state index >= 15 is 0 Å². The highest BCUT2D eigenvalue weighted by molar-refractivity contribution is 6.01. The third-order valence-electron chi connectivity index (χ3n) is 4.81. The third-order valence-corrected chi connectivity index (χ3v) is 4.81. The van der Waals surface area contributed by atoms with Gasteiger partial charge in [0.25, 0.3) is 0 Å². The standard InChI is InChI=1S/C21H21N3O5/c25-19(23-15-6-7-17-18(11-15)29-9-8-28-17)12-22-21(27)14-10-20(26)24(13-14)16-4-2-1-3-5-16/h1-7,11,14H,8-10,12-13H2,(H,22,27)(H,23,25)/t14-/m0/s1. The number of carbonyl (C=O) groups is 3. The van der Waals surface area contributed by atoms with Gasteiger partial charge in [-0.1, -0.05) is 18.2 Å². The molecule has 1 atom stereocenters. The molecule has 29 heavy (non-hydrogen) atoms. The van der Waals surface area contributed by atoms with Crippen LogP contribution >= 0.6 is 0 Å². The molecule has 0 spiro atoms. The minimum atomic E-state index is -0.482. The summed E-state index contributed by atoms with van der Waals surface area (Å²) in [5, 5.41) is 5.33. The van der Waals surface area contributed by atoms with Crippen LogP contribution in [0.2, 0.25) is 0 Å². The Balaban J connectivity index is 1.28. The number of benzene rings is 2. The van der Waals surface area contributed by atoms with Crippen molar-refractivity contribution in [2.45, 2.75) is 6.42 Å². The van der Waals surface area contributed by atoms with Crippen molar-refractivity contribution in [1.82, 2.24) is 5.32 Å². The van der Waals surface area contributed by atoms with E-state index in [9.17, 15) is 14.4 Å². The summed E-state index contributed by atoms with van der Waals surface area (Å²) in [6.07, 6.45) is 0.129. The van der Waals surface area contributed by atoms with Gasteiger partial charge < -0.3 is 25.0 Å². The van der Waals surface area contributed by atoms with Crippen LogP contribution in [-0.4, -0.2) is 44.0 Å². The fourth-order valence-corrected chi connectivity index (χ4v) is 3.38. The van der Waals surface area contributed by atoms with Crippen LogP contribution in [0, 0.1) is 5.92 Å². The largest absolute Gasteiger partial charge is 0.486 e. The number of anilines is 2. The Morgan fingerprint density at radius 1 is 1.03 bits per heavy atom. The van der Waals surface area contributed by atoms with Crippen LogP contribution < -0.4 is 25.0 Å². The number of carbonyl (C=O) groups excluding carboxylic acids is 3. The number of hydrogen-bond acceptors (Lipinski definition) is 5. The lowest BCUT2D eigenvalue weighted by molar-refractivity contribution is -0.127. The van der Waals surface area contributed by atoms with Crippen molar-refractivity contribution >= 4 is 29.1 Å². The Kier molecular flexibility index (Phi) is 5.33. The number of hydrogen-bond donors (Lipinski definition) is 2. The van der Waals surface area contributed by atoms with Gasteiger partial charge in [-0.3, -0.25) is 14.4 Å². The van der Waals surface area contributed by atoms with Gasteiger partial charge in [-0.25, -0.2) is 0 Å². The minimum Gasteiger partial charge on any atom is -0.486 e. The number of nitrogens with one attached hydrogen (secondary N) is 2. The molecule has 2 heterocycles. The van der Waals surface area contributed by atoms with Crippen LogP contribution in [0.15, 0.2) is 48.5 Å². The van der Waals surface area contributed by atoms with Crippen LogP contribution in [0.5, 0.6) is 11.5 Å². The molecule has 1 saturated heterocycles. The Hall–Kier alpha value is -3.55. The quantitative estimate of drug-likeness (QED) is 0.801. The van der Waals surface area contributed by atoms with E-state index in [0.717, 1.165) is 5.69 Å². The third kappa shape index (κ3) is 4.31. The van der Waals surface area contributed by atoms with Gasteiger partial charge in [-0.05, 0) is 24.3 Å². The highest BCUT2D eigenvalue weighted by atomic mass is 16.6. The first-order chi connectivity index (χ1) is 14.1. The second kappa shape index (κ2) is 8.22. The average molecular weight is 395 g/mol. The normalized spacial score (nSPS) is 17.7. The fourth-order valence-electron chi connectivity index (χ4n) is 3.38. The fraction of sp³-hybridized carbons (Fsp3) is 0.286. The smallest absolute Gasteiger partial charge is 0.243 e. The Morgan fingerprint density at radius 3 is 2.59 bits per heavy atom. The summed E-state index contributed by atoms with van der Waals surface area (Å²) in [7, 11) is 0.